The van der Waals surface area contributed by atoms with Crippen LogP contribution in [0.1, 0.15) is 61.1 Å². The van der Waals surface area contributed by atoms with Gasteiger partial charge in [-0.25, -0.2) is 0 Å². The maximum absolute atomic E-state index is 14.2. The Morgan fingerprint density at radius 2 is 0.741 bits per heavy atom. The van der Waals surface area contributed by atoms with Gasteiger partial charge in [-0.2, -0.15) is 11.3 Å². The largest absolute Gasteiger partial charge is 0.512 e. The minimum absolute atomic E-state index is 0. The van der Waals surface area contributed by atoms with Crippen molar-refractivity contribution in [3.8, 4) is 38.8 Å². The van der Waals surface area contributed by atoms with Crippen molar-refractivity contribution in [2.24, 2.45) is 0 Å². The molecule has 0 aliphatic rings. The van der Waals surface area contributed by atoms with Crippen molar-refractivity contribution in [2.45, 2.75) is 62.3 Å². The second-order valence-electron chi connectivity index (χ2n) is 30.2. The van der Waals surface area contributed by atoms with Crippen LogP contribution in [0, 0.1) is 54.7 Å². The van der Waals surface area contributed by atoms with Gasteiger partial charge in [-0.15, -0.1) is 137 Å². The predicted molar refractivity (Wildman–Crippen MR) is 534 cm³/mol. The van der Waals surface area contributed by atoms with Crippen LogP contribution in [0.15, 0.2) is 363 Å². The quantitative estimate of drug-likeness (QED) is 0.0429. The van der Waals surface area contributed by atoms with Crippen LogP contribution in [0.3, 0.4) is 0 Å². The van der Waals surface area contributed by atoms with Crippen LogP contribution in [-0.2, 0) is 120 Å². The first-order valence-electron chi connectivity index (χ1n) is 42.0. The first-order chi connectivity index (χ1) is 64.7. The molecule has 0 aliphatic heterocycles. The SMILES string of the molecule is CC(=O)C=C(C)O.CC(=O)C=C(C)O.CC(=O)C=C(C)O.CC(=O)C=C(C)O.Cc1cnc2c3[c-]cccc3c3ccccc3c2n1.Fc1c[c-]c(-c2nc3ccccc3c3ccccc23)c(F)c1.Fc1c[c-]c(-c2nc3ccccc3c3ccccc23)cc1.Oc1cccc2cccnc12.[Ir].[Ir].[Ir].[Ir].[Ir].[c-]1cccc2c1c1nccnc1c1ccccc21.[c-]1ccccc1-c1nc2ccccc2s1. The van der Waals surface area contributed by atoms with Gasteiger partial charge in [0.1, 0.15) is 11.3 Å². The molecule has 15 aromatic carbocycles. The zero-order valence-corrected chi connectivity index (χ0v) is 88.8. The third-order valence-corrected chi connectivity index (χ3v) is 20.6. The smallest absolute Gasteiger partial charge is 0.155 e. The number of nitrogens with zero attached hydrogens (tertiary/aromatic N) is 8. The van der Waals surface area contributed by atoms with E-state index in [1.165, 1.54) is 118 Å². The molecule has 0 aliphatic carbocycles. The van der Waals surface area contributed by atoms with Crippen LogP contribution in [-0.4, -0.2) is 88.5 Å². The number of rotatable bonds is 7. The van der Waals surface area contributed by atoms with Crippen LogP contribution >= 0.6 is 11.3 Å². The number of carbonyl (C=O) groups excluding carboxylic acids is 4. The van der Waals surface area contributed by atoms with Gasteiger partial charge in [0.25, 0.3) is 0 Å². The zero-order valence-electron chi connectivity index (χ0n) is 76.0. The predicted octanol–water partition coefficient (Wildman–Crippen LogP) is 27.7. The number of phenolic OH excluding ortho intramolecular Hbond substituents is 1. The van der Waals surface area contributed by atoms with Crippen LogP contribution < -0.4 is 0 Å². The third kappa shape index (κ3) is 30.9. The molecule has 711 valence electrons. The minimum Gasteiger partial charge on any atom is -0.512 e. The summed E-state index contributed by atoms with van der Waals surface area (Å²) in [7, 11) is 0. The topological polar surface area (TPSA) is 273 Å². The van der Waals surface area contributed by atoms with Gasteiger partial charge in [0, 0.05) is 204 Å². The maximum atomic E-state index is 14.2. The van der Waals surface area contributed by atoms with Gasteiger partial charge in [-0.1, -0.05) is 197 Å². The van der Waals surface area contributed by atoms with Crippen molar-refractivity contribution in [2.75, 3.05) is 0 Å². The molecule has 0 amide bonds. The van der Waals surface area contributed by atoms with Gasteiger partial charge in [0.2, 0.25) is 0 Å². The number of aliphatic hydroxyl groups is 4. The number of halogens is 3. The normalized spacial score (nSPS) is 10.7. The molecule has 0 atom stereocenters. The molecule has 0 spiro atoms. The Morgan fingerprint density at radius 1 is 0.331 bits per heavy atom. The molecule has 0 saturated carbocycles. The van der Waals surface area contributed by atoms with E-state index in [0.717, 1.165) is 138 Å². The van der Waals surface area contributed by atoms with Crippen LogP contribution in [0.5, 0.6) is 5.75 Å². The van der Waals surface area contributed by atoms with E-state index in [9.17, 15) is 37.5 Å². The number of carbonyl (C=O) groups is 4. The van der Waals surface area contributed by atoms with E-state index in [-0.39, 0.29) is 164 Å². The van der Waals surface area contributed by atoms with E-state index in [2.05, 4.69) is 132 Å². The third-order valence-electron chi connectivity index (χ3n) is 19.6. The summed E-state index contributed by atoms with van der Waals surface area (Å²) < 4.78 is 41.6. The van der Waals surface area contributed by atoms with Gasteiger partial charge in [0.15, 0.2) is 23.1 Å². The molecule has 0 bridgehead atoms. The molecule has 0 fully saturated rings. The van der Waals surface area contributed by atoms with Gasteiger partial charge >= 0.3 is 0 Å². The van der Waals surface area contributed by atoms with Gasteiger partial charge in [-0.3, -0.25) is 62.3 Å². The van der Waals surface area contributed by atoms with Crippen LogP contribution in [0.25, 0.3) is 163 Å². The molecular weight excluding hydrogens is 2660 g/mol. The molecule has 21 aromatic rings. The number of allylic oxidation sites excluding steroid dienone is 8. The number of aryl methyl sites for hydroxylation is 1. The van der Waals surface area contributed by atoms with Crippen molar-refractivity contribution in [3.63, 3.8) is 0 Å². The second-order valence-corrected chi connectivity index (χ2v) is 31.2. The molecule has 26 heteroatoms. The van der Waals surface area contributed by atoms with Crippen molar-refractivity contribution in [3.05, 3.63) is 417 Å². The van der Waals surface area contributed by atoms with E-state index < -0.39 is 11.6 Å². The Labute approximate surface area is 872 Å². The molecule has 17 nitrogen and oxygen atoms in total. The van der Waals surface area contributed by atoms with E-state index in [1.807, 2.05) is 195 Å². The summed E-state index contributed by atoms with van der Waals surface area (Å²) in [5.74, 6) is -1.61. The van der Waals surface area contributed by atoms with Crippen LogP contribution in [0.2, 0.25) is 0 Å². The first-order valence-corrected chi connectivity index (χ1v) is 42.8. The summed E-state index contributed by atoms with van der Waals surface area (Å²) in [5, 5.41) is 60.1. The van der Waals surface area contributed by atoms with Gasteiger partial charge < -0.3 is 35.5 Å². The Bertz CT molecular complexity index is 7580. The van der Waals surface area contributed by atoms with Crippen molar-refractivity contribution < 1.29 is 158 Å². The average Bonchev–Trinajstić information content (AvgIpc) is 0.882. The second kappa shape index (κ2) is 55.1. The molecule has 6 aromatic heterocycles. The van der Waals surface area contributed by atoms with Crippen molar-refractivity contribution in [1.29, 1.82) is 0 Å². The standard InChI is InChI=1S/C19H10F2N.C19H11FN.C17H11N2.C16H9N2.C13H8NS.C9H7NO.4C5H8O2.5Ir/c20-12-9-10-16(17(21)11-12)19-15-7-2-1-5-13(15)14-6-3-4-8-18(14)22-19;20-14-11-9-13(10-12-14)19-17-7-2-1-5-15(17)16-6-3-4-8-18(16)21-19;1-11-10-18-16-14-8-4-2-6-12(14)13-7-3-5-9-15(13)17(16)19-11;1-3-7-13-11(5-1)12-6-2-4-8-14(12)16-15(13)17-9-10-18-16;1-2-6-10(7-3-1)13-14-11-8-4-5-9-12(11)15-13;11-8-5-1-3-7-4-2-6-10-9(7)8;4*1-4(6)3-5(2)7;;;;;/h1-9,11H;1-9,11-12H;2-7,9-10H,1H3;1-7,9-10H;1-6,8-9H;1-6,11H;4*3,6H,1-2H3;;;;;/q5*-1;;;;;;;;;;. The Morgan fingerprint density at radius 3 is 1.21 bits per heavy atom. The van der Waals surface area contributed by atoms with Gasteiger partial charge in [0.05, 0.1) is 56.3 Å². The Balaban J connectivity index is 0.000000215. The molecule has 21 rings (SSSR count). The fraction of sp³-hybridized carbons (Fsp3) is 0.0796. The number of phenols is 1. The molecule has 5 N–H and O–H groups in total. The molecule has 0 saturated heterocycles. The first kappa shape index (κ1) is 112. The number of fused-ring (bicyclic) bond motifs is 20. The number of hydrogen-bond donors (Lipinski definition) is 5. The number of hydrogen-bond acceptors (Lipinski definition) is 18. The summed E-state index contributed by atoms with van der Waals surface area (Å²) >= 11 is 1.71. The molecule has 5 radical (unpaired) electrons. The summed E-state index contributed by atoms with van der Waals surface area (Å²) in [5.41, 5.74) is 11.5. The summed E-state index contributed by atoms with van der Waals surface area (Å²) in [6.45, 7) is 13.4. The number of para-hydroxylation sites is 4. The van der Waals surface area contributed by atoms with E-state index in [4.69, 9.17) is 25.4 Å². The van der Waals surface area contributed by atoms with Crippen molar-refractivity contribution in [1.82, 2.24) is 39.9 Å². The fourth-order valence-corrected chi connectivity index (χ4v) is 15.2. The summed E-state index contributed by atoms with van der Waals surface area (Å²) in [6, 6.07) is 108. The average molecular weight is 2750 g/mol. The number of benzene rings is 15. The minimum atomic E-state index is -0.659. The number of aliphatic hydroxyl groups excluding tert-OH is 4. The number of aromatic hydroxyl groups is 1. The van der Waals surface area contributed by atoms with E-state index in [0.29, 0.717) is 11.2 Å². The molecule has 139 heavy (non-hydrogen) atoms. The number of pyridine rings is 3. The fourth-order valence-electron chi connectivity index (χ4n) is 14.3. The number of aromatic nitrogens is 8. The number of ketones is 4. The van der Waals surface area contributed by atoms with Crippen LogP contribution in [0.4, 0.5) is 13.2 Å². The van der Waals surface area contributed by atoms with E-state index in [1.54, 1.807) is 48.1 Å². The summed E-state index contributed by atoms with van der Waals surface area (Å²) in [6.07, 6.45) is 11.6. The molecular formula is C113H88F3Ir5N8O9S-5. The van der Waals surface area contributed by atoms with E-state index >= 15 is 0 Å². The van der Waals surface area contributed by atoms with Gasteiger partial charge in [-0.05, 0) is 142 Å². The Hall–Kier alpha value is -13.7. The zero-order chi connectivity index (χ0) is 95.3. The van der Waals surface area contributed by atoms with Crippen molar-refractivity contribution >= 4 is 164 Å². The summed E-state index contributed by atoms with van der Waals surface area (Å²) in [4.78, 5) is 76.2. The maximum Gasteiger partial charge on any atom is 0.155 e. The monoisotopic (exact) mass is 2750 g/mol. The molecule has 0 unspecified atom stereocenters. The number of thiazole rings is 1. The Kier molecular flexibility index (Phi) is 44.5. The molecule has 6 heterocycles.